The van der Waals surface area contributed by atoms with Crippen LogP contribution in [0.5, 0.6) is 0 Å². The van der Waals surface area contributed by atoms with Crippen LogP contribution in [0.25, 0.3) is 148 Å². The van der Waals surface area contributed by atoms with Gasteiger partial charge in [0.05, 0.1) is 46.5 Å². The summed E-state index contributed by atoms with van der Waals surface area (Å²) in [5.41, 5.74) is 25.1. The van der Waals surface area contributed by atoms with Gasteiger partial charge in [0.15, 0.2) is 5.58 Å². The second kappa shape index (κ2) is 27.5. The van der Waals surface area contributed by atoms with Gasteiger partial charge in [-0.1, -0.05) is 305 Å². The molecule has 0 saturated carbocycles. The molecular formula is C113H77N5O2. The molecule has 3 atom stereocenters. The highest BCUT2D eigenvalue weighted by Gasteiger charge is 2.39. The highest BCUT2D eigenvalue weighted by Crippen LogP contribution is 2.60. The molecule has 0 radical (unpaired) electrons. The molecule has 7 nitrogen and oxygen atoms in total. The first-order valence-electron chi connectivity index (χ1n) is 41.8. The normalized spacial score (nSPS) is 16.6. The third-order valence-corrected chi connectivity index (χ3v) is 26.0. The van der Waals surface area contributed by atoms with Gasteiger partial charge in [0.2, 0.25) is 0 Å². The van der Waals surface area contributed by atoms with Gasteiger partial charge < -0.3 is 28.4 Å². The Labute approximate surface area is 694 Å². The van der Waals surface area contributed by atoms with Crippen molar-refractivity contribution in [3.63, 3.8) is 0 Å². The van der Waals surface area contributed by atoms with Crippen molar-refractivity contribution in [1.82, 2.24) is 0 Å². The highest BCUT2D eigenvalue weighted by molar-refractivity contribution is 6.40. The van der Waals surface area contributed by atoms with Crippen molar-refractivity contribution in [3.05, 3.63) is 415 Å². The Bertz CT molecular complexity index is 7820. The van der Waals surface area contributed by atoms with E-state index in [0.717, 1.165) is 156 Å². The molecule has 7 heteroatoms. The number of furan rings is 2. The van der Waals surface area contributed by atoms with Crippen LogP contribution < -0.4 is 19.6 Å². The predicted octanol–water partition coefficient (Wildman–Crippen LogP) is 30.2. The van der Waals surface area contributed by atoms with Crippen LogP contribution in [0.15, 0.2) is 396 Å². The van der Waals surface area contributed by atoms with Gasteiger partial charge in [0, 0.05) is 95.5 Å². The summed E-state index contributed by atoms with van der Waals surface area (Å²) in [6.45, 7) is 5.10. The molecule has 5 heterocycles. The Morgan fingerprint density at radius 1 is 0.458 bits per heavy atom. The predicted molar refractivity (Wildman–Crippen MR) is 504 cm³/mol. The minimum absolute atomic E-state index is 0.0966. The minimum atomic E-state index is -0.240. The molecule has 0 bridgehead atoms. The van der Waals surface area contributed by atoms with Gasteiger partial charge in [0.25, 0.3) is 0 Å². The van der Waals surface area contributed by atoms with Crippen LogP contribution in [0.4, 0.5) is 45.5 Å². The quantitative estimate of drug-likeness (QED) is 0.0944. The molecule has 2 aromatic heterocycles. The second-order valence-corrected chi connectivity index (χ2v) is 32.8. The molecule has 0 saturated heterocycles. The zero-order valence-corrected chi connectivity index (χ0v) is 66.1. The first-order valence-corrected chi connectivity index (χ1v) is 41.8. The molecule has 3 aliphatic carbocycles. The van der Waals surface area contributed by atoms with Crippen LogP contribution in [-0.2, 0) is 0 Å². The van der Waals surface area contributed by atoms with E-state index < -0.39 is 0 Å². The van der Waals surface area contributed by atoms with Crippen molar-refractivity contribution in [3.8, 4) is 28.3 Å². The topological polar surface area (TPSA) is 63.0 Å². The second-order valence-electron chi connectivity index (χ2n) is 32.8. The van der Waals surface area contributed by atoms with Crippen molar-refractivity contribution in [2.24, 2.45) is 5.92 Å². The summed E-state index contributed by atoms with van der Waals surface area (Å²) >= 11 is 0. The van der Waals surface area contributed by atoms with Crippen LogP contribution in [-0.4, -0.2) is 18.6 Å². The summed E-state index contributed by atoms with van der Waals surface area (Å²) < 4.78 is 16.0. The van der Waals surface area contributed by atoms with Gasteiger partial charge in [-0.3, -0.25) is 0 Å². The SMILES string of the molecule is CC(C)c1cccc2c1oc1c(N3c4cccc(-c5ccccc5)c4C=C4C=CC=CC43)cc3c(N4C=CC=C(C5C=CC=CC5)C4)c(N(c4ccccc4)c4cccc5c(-c6cccc7ccccc67)cccc45)c4cc(C#N)c5c6cc(N7c8ccccc8C=C8C(c9c%10ccccc%10cc%10ccccc9%10)=CC=CC87)ccc6oc5c4c3c12. The largest absolute Gasteiger partial charge is 0.455 e. The standard InChI is InChI=1S/C113H77N5O2/c1-69(2)81-45-23-52-91-107-106-96(66-102(112(107)120-111(81)91)118-98-54-21-16-37-76(98)62-92-83(46-25-57-101(92)118)71-31-8-4-9-32-71)109(115-60-28-39-77(68-115)70-29-6-3-7-30-70)110(117(79-40-10-5-11-41-79)99-55-26-49-88-87(48-24-50-89(88)99)86-47-22-38-72-33-12-17-42-82(72)86)95-64-78(67-114)104-94-65-80(58-59-103(94)119-113(104)108(95)106)116-97-53-20-15-36-75(97)63-93-90(51-27-56-100(93)116)105-84-43-18-13-34-73(84)61-74-35-14-19-44-85(74)105/h3-29,31-66,69-70,98,100H,30,68H2,1-2H3. The molecule has 0 N–H and O–H groups in total. The minimum Gasteiger partial charge on any atom is -0.455 e. The number of para-hydroxylation sites is 3. The zero-order valence-electron chi connectivity index (χ0n) is 66.1. The Hall–Kier alpha value is -15.2. The van der Waals surface area contributed by atoms with Crippen molar-refractivity contribution in [1.29, 1.82) is 5.26 Å². The Kier molecular flexibility index (Phi) is 15.8. The Morgan fingerprint density at radius 2 is 1.14 bits per heavy atom. The monoisotopic (exact) mass is 1540 g/mol. The lowest BCUT2D eigenvalue weighted by Crippen LogP contribution is -2.35. The maximum Gasteiger partial charge on any atom is 0.159 e. The van der Waals surface area contributed by atoms with Crippen LogP contribution in [0, 0.1) is 17.2 Å². The molecular weight excluding hydrogens is 1460 g/mol. The van der Waals surface area contributed by atoms with Gasteiger partial charge in [0.1, 0.15) is 16.7 Å². The van der Waals surface area contributed by atoms with Crippen LogP contribution >= 0.6 is 0 Å². The maximum absolute atomic E-state index is 12.7. The lowest BCUT2D eigenvalue weighted by molar-refractivity contribution is 0.655. The van der Waals surface area contributed by atoms with Crippen LogP contribution in [0.3, 0.4) is 0 Å². The lowest BCUT2D eigenvalue weighted by atomic mass is 9.80. The molecule has 6 aliphatic rings. The molecule has 566 valence electrons. The fourth-order valence-electron chi connectivity index (χ4n) is 20.7. The Morgan fingerprint density at radius 3 is 1.97 bits per heavy atom. The molecule has 3 aliphatic heterocycles. The fraction of sp³-hybridized carbons (Fsp3) is 0.0708. The summed E-state index contributed by atoms with van der Waals surface area (Å²) in [6.07, 6.45) is 37.5. The number of anilines is 8. The van der Waals surface area contributed by atoms with Crippen molar-refractivity contribution >= 4 is 172 Å². The third kappa shape index (κ3) is 10.6. The number of nitriles is 1. The van der Waals surface area contributed by atoms with E-state index in [1.165, 1.54) is 60.2 Å². The van der Waals surface area contributed by atoms with Crippen molar-refractivity contribution in [2.45, 2.75) is 38.3 Å². The van der Waals surface area contributed by atoms with Gasteiger partial charge >= 0.3 is 0 Å². The summed E-state index contributed by atoms with van der Waals surface area (Å²) in [5, 5.41) is 29.2. The molecule has 120 heavy (non-hydrogen) atoms. The maximum atomic E-state index is 12.7. The number of benzene rings is 16. The summed E-state index contributed by atoms with van der Waals surface area (Å²) in [7, 11) is 0. The van der Waals surface area contributed by atoms with Crippen molar-refractivity contribution in [2.75, 3.05) is 26.1 Å². The van der Waals surface area contributed by atoms with Crippen molar-refractivity contribution < 1.29 is 8.83 Å². The number of rotatable bonds is 11. The van der Waals surface area contributed by atoms with E-state index in [1.807, 2.05) is 0 Å². The number of allylic oxidation sites excluding steroid dienone is 10. The summed E-state index contributed by atoms with van der Waals surface area (Å²) in [5.74, 6) is 0.241. The Balaban J connectivity index is 0.845. The molecule has 18 aromatic rings. The highest BCUT2D eigenvalue weighted by atomic mass is 16.3. The smallest absolute Gasteiger partial charge is 0.159 e. The van der Waals surface area contributed by atoms with E-state index in [-0.39, 0.29) is 23.9 Å². The zero-order chi connectivity index (χ0) is 79.4. The molecule has 0 fully saturated rings. The number of nitrogens with zero attached hydrogens (tertiary/aromatic N) is 5. The van der Waals surface area contributed by atoms with E-state index in [1.54, 1.807) is 0 Å². The molecule has 3 unspecified atom stereocenters. The fourth-order valence-corrected chi connectivity index (χ4v) is 20.7. The first-order chi connectivity index (χ1) is 59.3. The third-order valence-electron chi connectivity index (χ3n) is 26.0. The summed E-state index contributed by atoms with van der Waals surface area (Å²) in [6, 6.07) is 107. The van der Waals surface area contributed by atoms with Gasteiger partial charge in [-0.15, -0.1) is 0 Å². The van der Waals surface area contributed by atoms with E-state index >= 15 is 0 Å². The molecule has 0 amide bonds. The number of hydrogen-bond acceptors (Lipinski definition) is 7. The number of hydrogen-bond donors (Lipinski definition) is 0. The summed E-state index contributed by atoms with van der Waals surface area (Å²) in [4.78, 5) is 10.1. The lowest BCUT2D eigenvalue weighted by Gasteiger charge is -2.40. The van der Waals surface area contributed by atoms with Gasteiger partial charge in [-0.2, -0.15) is 5.26 Å². The van der Waals surface area contributed by atoms with E-state index in [9.17, 15) is 5.26 Å². The van der Waals surface area contributed by atoms with Crippen LogP contribution in [0.2, 0.25) is 0 Å². The average Bonchev–Trinajstić information content (AvgIpc) is 1.28. The van der Waals surface area contributed by atoms with E-state index in [0.29, 0.717) is 23.3 Å². The van der Waals surface area contributed by atoms with Crippen LogP contribution in [0.1, 0.15) is 54.0 Å². The molecule has 16 aromatic carbocycles. The van der Waals surface area contributed by atoms with Gasteiger partial charge in [-0.25, -0.2) is 0 Å². The van der Waals surface area contributed by atoms with E-state index in [4.69, 9.17) is 8.83 Å². The number of fused-ring (bicyclic) bond motifs is 19. The van der Waals surface area contributed by atoms with Gasteiger partial charge in [-0.05, 0) is 196 Å². The molecule has 0 spiro atoms. The molecule has 24 rings (SSSR count). The first kappa shape index (κ1) is 69.1. The van der Waals surface area contributed by atoms with E-state index in [2.05, 4.69) is 422 Å². The average molecular weight is 1540 g/mol.